The van der Waals surface area contributed by atoms with E-state index in [1.54, 1.807) is 24.3 Å². The average molecular weight is 351 g/mol. The fourth-order valence-electron chi connectivity index (χ4n) is 3.32. The first-order valence-corrected chi connectivity index (χ1v) is 8.99. The Bertz CT molecular complexity index is 874. The zero-order chi connectivity index (χ0) is 18.8. The number of benzene rings is 2. The molecule has 3 rings (SSSR count). The Hall–Kier alpha value is -2.66. The van der Waals surface area contributed by atoms with Crippen LogP contribution in [0.4, 0.5) is 11.4 Å². The highest BCUT2D eigenvalue weighted by molar-refractivity contribution is 6.32. The van der Waals surface area contributed by atoms with Gasteiger partial charge in [0.05, 0.1) is 11.1 Å². The van der Waals surface area contributed by atoms with Crippen LogP contribution in [0.15, 0.2) is 30.3 Å². The molecule has 0 heterocycles. The molecule has 0 amide bonds. The number of carbonyl (C=O) groups is 2. The zero-order valence-electron chi connectivity index (χ0n) is 15.6. The number of carbonyl (C=O) groups excluding carboxylic acids is 2. The Kier molecular flexibility index (Phi) is 5.09. The minimum absolute atomic E-state index is 0.143. The number of nitrogens with one attached hydrogen (secondary N) is 1. The molecule has 1 aliphatic rings. The molecule has 136 valence electrons. The number of rotatable bonds is 6. The van der Waals surface area contributed by atoms with Gasteiger partial charge in [-0.05, 0) is 45.1 Å². The normalized spacial score (nSPS) is 12.9. The molecule has 0 unspecified atom stereocenters. The summed E-state index contributed by atoms with van der Waals surface area (Å²) in [5.41, 5.74) is 9.69. The highest BCUT2D eigenvalue weighted by Crippen LogP contribution is 2.37. The number of ketones is 2. The van der Waals surface area contributed by atoms with Crippen LogP contribution in [-0.4, -0.2) is 43.1 Å². The van der Waals surface area contributed by atoms with Crippen molar-refractivity contribution in [3.63, 3.8) is 0 Å². The molecule has 0 aliphatic heterocycles. The number of anilines is 2. The van der Waals surface area contributed by atoms with Gasteiger partial charge in [0.2, 0.25) is 0 Å². The van der Waals surface area contributed by atoms with Gasteiger partial charge >= 0.3 is 0 Å². The fourth-order valence-corrected chi connectivity index (χ4v) is 3.32. The van der Waals surface area contributed by atoms with Gasteiger partial charge in [0, 0.05) is 29.0 Å². The van der Waals surface area contributed by atoms with Crippen molar-refractivity contribution in [2.24, 2.45) is 0 Å². The Morgan fingerprint density at radius 2 is 1.69 bits per heavy atom. The molecule has 0 saturated carbocycles. The van der Waals surface area contributed by atoms with Gasteiger partial charge in [0.25, 0.3) is 0 Å². The Balaban J connectivity index is 1.97. The molecule has 0 fully saturated rings. The predicted molar refractivity (Wildman–Crippen MR) is 105 cm³/mol. The van der Waals surface area contributed by atoms with Crippen LogP contribution in [0.3, 0.4) is 0 Å². The van der Waals surface area contributed by atoms with Gasteiger partial charge in [-0.15, -0.1) is 0 Å². The third-order valence-corrected chi connectivity index (χ3v) is 5.02. The topological polar surface area (TPSA) is 75.4 Å². The second-order valence-corrected chi connectivity index (χ2v) is 6.78. The van der Waals surface area contributed by atoms with Crippen molar-refractivity contribution in [2.75, 3.05) is 37.7 Å². The minimum atomic E-state index is -0.176. The van der Waals surface area contributed by atoms with Gasteiger partial charge in [-0.1, -0.05) is 31.2 Å². The van der Waals surface area contributed by atoms with Crippen molar-refractivity contribution in [1.29, 1.82) is 0 Å². The number of nitrogens with zero attached hydrogens (tertiary/aromatic N) is 1. The number of aryl methyl sites for hydroxylation is 1. The van der Waals surface area contributed by atoms with E-state index in [4.69, 9.17) is 5.73 Å². The van der Waals surface area contributed by atoms with Crippen molar-refractivity contribution in [3.05, 3.63) is 58.1 Å². The maximum absolute atomic E-state index is 13.1. The van der Waals surface area contributed by atoms with Crippen LogP contribution in [0.25, 0.3) is 0 Å². The molecule has 26 heavy (non-hydrogen) atoms. The molecule has 1 aliphatic carbocycles. The van der Waals surface area contributed by atoms with Gasteiger partial charge in [0.15, 0.2) is 11.6 Å². The van der Waals surface area contributed by atoms with Crippen LogP contribution in [0.1, 0.15) is 50.8 Å². The summed E-state index contributed by atoms with van der Waals surface area (Å²) < 4.78 is 0. The third kappa shape index (κ3) is 3.10. The van der Waals surface area contributed by atoms with E-state index in [1.807, 2.05) is 13.0 Å². The first-order valence-electron chi connectivity index (χ1n) is 8.99. The zero-order valence-corrected chi connectivity index (χ0v) is 15.6. The van der Waals surface area contributed by atoms with Gasteiger partial charge in [0.1, 0.15) is 0 Å². The van der Waals surface area contributed by atoms with E-state index >= 15 is 0 Å². The van der Waals surface area contributed by atoms with Crippen LogP contribution in [0, 0.1) is 6.92 Å². The summed E-state index contributed by atoms with van der Waals surface area (Å²) in [5, 5.41) is 3.35. The number of nitrogens with two attached hydrogens (primary N) is 1. The van der Waals surface area contributed by atoms with E-state index in [1.165, 1.54) is 0 Å². The number of hydrogen-bond donors (Lipinski definition) is 2. The lowest BCUT2D eigenvalue weighted by Crippen LogP contribution is -2.25. The Labute approximate surface area is 154 Å². The lowest BCUT2D eigenvalue weighted by molar-refractivity contribution is 0.0980. The fraction of sp³-hybridized carbons (Fsp3) is 0.333. The first-order chi connectivity index (χ1) is 12.5. The largest absolute Gasteiger partial charge is 0.398 e. The molecular weight excluding hydrogens is 326 g/mol. The summed E-state index contributed by atoms with van der Waals surface area (Å²) in [5.74, 6) is -0.319. The summed E-state index contributed by atoms with van der Waals surface area (Å²) >= 11 is 0. The smallest absolute Gasteiger partial charge is 0.196 e. The molecule has 0 atom stereocenters. The molecule has 0 spiro atoms. The lowest BCUT2D eigenvalue weighted by Gasteiger charge is -2.23. The number of fused-ring (bicyclic) bond motifs is 2. The van der Waals surface area contributed by atoms with Crippen LogP contribution in [-0.2, 0) is 0 Å². The highest BCUT2D eigenvalue weighted by Gasteiger charge is 2.33. The van der Waals surface area contributed by atoms with Crippen molar-refractivity contribution in [3.8, 4) is 0 Å². The summed E-state index contributed by atoms with van der Waals surface area (Å²) in [4.78, 5) is 28.3. The minimum Gasteiger partial charge on any atom is -0.398 e. The summed E-state index contributed by atoms with van der Waals surface area (Å²) in [6.07, 6.45) is 0.946. The molecule has 5 nitrogen and oxygen atoms in total. The summed E-state index contributed by atoms with van der Waals surface area (Å²) in [6.45, 7) is 6.68. The molecule has 5 heteroatoms. The molecule has 0 aromatic heterocycles. The van der Waals surface area contributed by atoms with E-state index in [0.29, 0.717) is 33.6 Å². The van der Waals surface area contributed by atoms with E-state index in [2.05, 4.69) is 24.2 Å². The van der Waals surface area contributed by atoms with E-state index in [9.17, 15) is 9.59 Å². The Morgan fingerprint density at radius 3 is 2.31 bits per heavy atom. The monoisotopic (exact) mass is 351 g/mol. The molecular formula is C21H25N3O2. The van der Waals surface area contributed by atoms with Crippen LogP contribution < -0.4 is 11.1 Å². The third-order valence-electron chi connectivity index (χ3n) is 5.02. The maximum Gasteiger partial charge on any atom is 0.196 e. The van der Waals surface area contributed by atoms with Crippen molar-refractivity contribution < 1.29 is 9.59 Å². The van der Waals surface area contributed by atoms with Gasteiger partial charge in [-0.2, -0.15) is 0 Å². The van der Waals surface area contributed by atoms with Crippen molar-refractivity contribution in [1.82, 2.24) is 4.90 Å². The van der Waals surface area contributed by atoms with Gasteiger partial charge in [-0.3, -0.25) is 9.59 Å². The van der Waals surface area contributed by atoms with Gasteiger partial charge < -0.3 is 16.0 Å². The molecule has 0 bridgehead atoms. The molecule has 3 N–H and O–H groups in total. The van der Waals surface area contributed by atoms with Crippen LogP contribution in [0.2, 0.25) is 0 Å². The predicted octanol–water partition coefficient (Wildman–Crippen LogP) is 3.11. The molecule has 0 radical (unpaired) electrons. The Morgan fingerprint density at radius 1 is 1.08 bits per heavy atom. The van der Waals surface area contributed by atoms with Crippen molar-refractivity contribution in [2.45, 2.75) is 20.3 Å². The van der Waals surface area contributed by atoms with Crippen molar-refractivity contribution >= 4 is 22.9 Å². The quantitative estimate of drug-likeness (QED) is 0.527. The molecule has 2 aromatic rings. The summed E-state index contributed by atoms with van der Waals surface area (Å²) in [7, 11) is 2.08. The lowest BCUT2D eigenvalue weighted by atomic mass is 9.81. The molecule has 2 aromatic carbocycles. The number of nitrogen functional groups attached to an aromatic ring is 1. The number of hydrogen-bond acceptors (Lipinski definition) is 5. The maximum atomic E-state index is 13.1. The second kappa shape index (κ2) is 7.30. The van der Waals surface area contributed by atoms with Gasteiger partial charge in [-0.25, -0.2) is 0 Å². The van der Waals surface area contributed by atoms with E-state index in [-0.39, 0.29) is 11.6 Å². The standard InChI is InChI=1S/C21H25N3O2/c1-4-24(3)11-7-10-23-16-12-13(2)19(22)18-17(16)20(25)14-8-5-6-9-15(14)21(18)26/h5-6,8-9,12,23H,4,7,10-11,22H2,1-3H3. The second-order valence-electron chi connectivity index (χ2n) is 6.78. The average Bonchev–Trinajstić information content (AvgIpc) is 2.65. The highest BCUT2D eigenvalue weighted by atomic mass is 16.1. The SMILES string of the molecule is CCN(C)CCCNc1cc(C)c(N)c2c1C(=O)c1ccccc1C2=O. The van der Waals surface area contributed by atoms with E-state index < -0.39 is 0 Å². The first kappa shape index (κ1) is 18.1. The molecule has 0 saturated heterocycles. The van der Waals surface area contributed by atoms with Crippen LogP contribution in [0.5, 0.6) is 0 Å². The van der Waals surface area contributed by atoms with Crippen LogP contribution >= 0.6 is 0 Å². The summed E-state index contributed by atoms with van der Waals surface area (Å²) in [6, 6.07) is 8.81. The van der Waals surface area contributed by atoms with E-state index in [0.717, 1.165) is 31.6 Å².